The quantitative estimate of drug-likeness (QED) is 0.593. The Bertz CT molecular complexity index is 1070. The third-order valence-electron chi connectivity index (χ3n) is 4.47. The monoisotopic (exact) mass is 432 g/mol. The van der Waals surface area contributed by atoms with Crippen molar-refractivity contribution >= 4 is 51.9 Å². The van der Waals surface area contributed by atoms with Crippen LogP contribution in [-0.4, -0.2) is 29.3 Å². The number of fused-ring (bicyclic) bond motifs is 1. The van der Waals surface area contributed by atoms with Crippen molar-refractivity contribution in [3.05, 3.63) is 64.1 Å². The highest BCUT2D eigenvalue weighted by Gasteiger charge is 2.26. The lowest BCUT2D eigenvalue weighted by molar-refractivity contribution is -0.121. The van der Waals surface area contributed by atoms with E-state index in [4.69, 9.17) is 17.0 Å². The molecule has 0 atom stereocenters. The molecule has 0 aromatic heterocycles. The van der Waals surface area contributed by atoms with Crippen LogP contribution in [0.1, 0.15) is 11.1 Å². The number of rotatable bonds is 4. The van der Waals surface area contributed by atoms with Crippen molar-refractivity contribution in [3.63, 3.8) is 0 Å². The van der Waals surface area contributed by atoms with Gasteiger partial charge in [0.25, 0.3) is 11.8 Å². The molecule has 1 fully saturated rings. The van der Waals surface area contributed by atoms with E-state index in [0.717, 1.165) is 12.1 Å². The number of carbonyl (C=O) groups excluding carboxylic acids is 2. The number of thiocarbonyl (C=S) groups is 1. The van der Waals surface area contributed by atoms with E-state index in [9.17, 15) is 18.4 Å². The molecule has 0 radical (unpaired) electrons. The van der Waals surface area contributed by atoms with Crippen molar-refractivity contribution < 1.29 is 23.1 Å². The summed E-state index contributed by atoms with van der Waals surface area (Å²) in [6.45, 7) is 0.178. The van der Waals surface area contributed by atoms with Crippen LogP contribution in [0.3, 0.4) is 0 Å². The molecule has 2 heterocycles. The normalized spacial score (nSPS) is 17.4. The summed E-state index contributed by atoms with van der Waals surface area (Å²) in [5, 5.41) is 2.55. The molecule has 0 unspecified atom stereocenters. The summed E-state index contributed by atoms with van der Waals surface area (Å²) < 4.78 is 32.4. The van der Waals surface area contributed by atoms with Gasteiger partial charge in [-0.05, 0) is 47.9 Å². The van der Waals surface area contributed by atoms with Crippen LogP contribution in [0.5, 0.6) is 5.75 Å². The molecule has 1 saturated heterocycles. The zero-order chi connectivity index (χ0) is 20.5. The molecule has 4 rings (SSSR count). The summed E-state index contributed by atoms with van der Waals surface area (Å²) in [7, 11) is 0. The van der Waals surface area contributed by atoms with Gasteiger partial charge in [-0.3, -0.25) is 9.59 Å². The Balaban J connectivity index is 1.59. The molecule has 0 aliphatic carbocycles. The molecule has 0 saturated carbocycles. The van der Waals surface area contributed by atoms with Crippen LogP contribution in [0, 0.1) is 11.6 Å². The van der Waals surface area contributed by atoms with E-state index in [2.05, 4.69) is 5.32 Å². The molecule has 2 aromatic rings. The molecule has 2 aliphatic heterocycles. The maximum atomic E-state index is 13.4. The standard InChI is InChI=1S/C20H14F2N2O3S2/c21-13-3-1-11(7-14(13)22)5-6-24-15-8-12(2-4-16(15)27-10-18(24)25)9-17-19(26)23-20(28)29-17/h1-4,7-9H,5-6,10H2,(H,23,26,28)/b17-9-. The molecule has 0 spiro atoms. The van der Waals surface area contributed by atoms with Gasteiger partial charge in [-0.25, -0.2) is 8.78 Å². The lowest BCUT2D eigenvalue weighted by atomic mass is 10.1. The summed E-state index contributed by atoms with van der Waals surface area (Å²) in [5.74, 6) is -1.79. The van der Waals surface area contributed by atoms with Gasteiger partial charge >= 0.3 is 0 Å². The number of ether oxygens (including phenoxy) is 1. The Morgan fingerprint density at radius 1 is 1.17 bits per heavy atom. The highest BCUT2D eigenvalue weighted by Crippen LogP contribution is 2.35. The predicted octanol–water partition coefficient (Wildman–Crippen LogP) is 3.42. The first-order valence-electron chi connectivity index (χ1n) is 8.67. The van der Waals surface area contributed by atoms with Crippen LogP contribution in [0.4, 0.5) is 14.5 Å². The van der Waals surface area contributed by atoms with E-state index in [1.807, 2.05) is 0 Å². The minimum absolute atomic E-state index is 0.0995. The maximum absolute atomic E-state index is 13.4. The largest absolute Gasteiger partial charge is 0.482 e. The summed E-state index contributed by atoms with van der Waals surface area (Å²) in [4.78, 5) is 26.3. The van der Waals surface area contributed by atoms with E-state index in [1.54, 1.807) is 29.2 Å². The van der Waals surface area contributed by atoms with Crippen molar-refractivity contribution in [2.75, 3.05) is 18.1 Å². The Morgan fingerprint density at radius 3 is 2.72 bits per heavy atom. The van der Waals surface area contributed by atoms with Crippen molar-refractivity contribution in [2.24, 2.45) is 0 Å². The topological polar surface area (TPSA) is 58.6 Å². The van der Waals surface area contributed by atoms with Gasteiger partial charge in [0.2, 0.25) is 0 Å². The first-order valence-corrected chi connectivity index (χ1v) is 9.89. The molecule has 1 N–H and O–H groups in total. The van der Waals surface area contributed by atoms with Gasteiger partial charge in [0, 0.05) is 6.54 Å². The van der Waals surface area contributed by atoms with Gasteiger partial charge in [0.1, 0.15) is 10.1 Å². The van der Waals surface area contributed by atoms with Crippen molar-refractivity contribution in [3.8, 4) is 5.75 Å². The minimum atomic E-state index is -0.921. The molecule has 2 amide bonds. The van der Waals surface area contributed by atoms with Gasteiger partial charge in [-0.2, -0.15) is 0 Å². The van der Waals surface area contributed by atoms with Gasteiger partial charge in [-0.1, -0.05) is 36.1 Å². The lowest BCUT2D eigenvalue weighted by Gasteiger charge is -2.29. The second kappa shape index (κ2) is 7.92. The van der Waals surface area contributed by atoms with Crippen LogP contribution in [-0.2, 0) is 16.0 Å². The summed E-state index contributed by atoms with van der Waals surface area (Å²) in [6.07, 6.45) is 2.03. The fraction of sp³-hybridized carbons (Fsp3) is 0.150. The van der Waals surface area contributed by atoms with Crippen LogP contribution >= 0.6 is 24.0 Å². The molecular formula is C20H14F2N2O3S2. The van der Waals surface area contributed by atoms with Crippen LogP contribution in [0.15, 0.2) is 41.3 Å². The molecule has 29 heavy (non-hydrogen) atoms. The van der Waals surface area contributed by atoms with Gasteiger partial charge in [0.15, 0.2) is 18.2 Å². The smallest absolute Gasteiger partial charge is 0.265 e. The van der Waals surface area contributed by atoms with Crippen LogP contribution in [0.25, 0.3) is 6.08 Å². The molecule has 2 aliphatic rings. The fourth-order valence-corrected chi connectivity index (χ4v) is 4.11. The van der Waals surface area contributed by atoms with E-state index in [0.29, 0.717) is 38.2 Å². The van der Waals surface area contributed by atoms with Crippen LogP contribution in [0.2, 0.25) is 0 Å². The highest BCUT2D eigenvalue weighted by atomic mass is 32.2. The molecule has 0 bridgehead atoms. The summed E-state index contributed by atoms with van der Waals surface area (Å²) in [6, 6.07) is 8.95. The zero-order valence-electron chi connectivity index (χ0n) is 14.9. The van der Waals surface area contributed by atoms with Crippen molar-refractivity contribution in [1.82, 2.24) is 5.32 Å². The summed E-state index contributed by atoms with van der Waals surface area (Å²) >= 11 is 6.16. The first-order chi connectivity index (χ1) is 13.9. The predicted molar refractivity (Wildman–Crippen MR) is 111 cm³/mol. The molecule has 148 valence electrons. The number of thioether (sulfide) groups is 1. The number of amides is 2. The third kappa shape index (κ3) is 4.15. The first kappa shape index (κ1) is 19.5. The Labute approximate surface area is 174 Å². The van der Waals surface area contributed by atoms with Gasteiger partial charge in [0.05, 0.1) is 10.6 Å². The Hall–Kier alpha value is -2.78. The van der Waals surface area contributed by atoms with Gasteiger partial charge in [-0.15, -0.1) is 0 Å². The number of anilines is 1. The van der Waals surface area contributed by atoms with E-state index in [-0.39, 0.29) is 25.0 Å². The number of halogens is 2. The molecule has 9 heteroatoms. The number of hydrogen-bond donors (Lipinski definition) is 1. The summed E-state index contributed by atoms with van der Waals surface area (Å²) in [5.41, 5.74) is 1.85. The number of nitrogens with one attached hydrogen (secondary N) is 1. The SMILES string of the molecule is O=C1NC(=S)S/C1=C\c1ccc2c(c1)N(CCc1ccc(F)c(F)c1)C(=O)CO2. The fourth-order valence-electron chi connectivity index (χ4n) is 3.06. The third-order valence-corrected chi connectivity index (χ3v) is 5.64. The Kier molecular flexibility index (Phi) is 5.33. The second-order valence-electron chi connectivity index (χ2n) is 6.41. The van der Waals surface area contributed by atoms with Crippen molar-refractivity contribution in [2.45, 2.75) is 6.42 Å². The molecule has 2 aromatic carbocycles. The number of benzene rings is 2. The van der Waals surface area contributed by atoms with E-state index >= 15 is 0 Å². The number of nitrogens with zero attached hydrogens (tertiary/aromatic N) is 1. The van der Waals surface area contributed by atoms with E-state index in [1.165, 1.54) is 17.8 Å². The number of hydrogen-bond acceptors (Lipinski definition) is 5. The molecule has 5 nitrogen and oxygen atoms in total. The second-order valence-corrected chi connectivity index (χ2v) is 8.13. The average Bonchev–Trinajstić information content (AvgIpc) is 3.00. The minimum Gasteiger partial charge on any atom is -0.482 e. The van der Waals surface area contributed by atoms with Crippen molar-refractivity contribution in [1.29, 1.82) is 0 Å². The Morgan fingerprint density at radius 2 is 2.00 bits per heavy atom. The average molecular weight is 432 g/mol. The van der Waals surface area contributed by atoms with Gasteiger partial charge < -0.3 is 15.0 Å². The number of carbonyl (C=O) groups is 2. The highest BCUT2D eigenvalue weighted by molar-refractivity contribution is 8.26. The zero-order valence-corrected chi connectivity index (χ0v) is 16.5. The van der Waals surface area contributed by atoms with Crippen LogP contribution < -0.4 is 15.0 Å². The molecular weight excluding hydrogens is 418 g/mol. The lowest BCUT2D eigenvalue weighted by Crippen LogP contribution is -2.40. The van der Waals surface area contributed by atoms with E-state index < -0.39 is 11.6 Å². The maximum Gasteiger partial charge on any atom is 0.265 e.